The minimum absolute atomic E-state index is 0.425. The summed E-state index contributed by atoms with van der Waals surface area (Å²) >= 11 is 1.37. The van der Waals surface area contributed by atoms with Gasteiger partial charge in [0.15, 0.2) is 0 Å². The van der Waals surface area contributed by atoms with E-state index in [0.717, 1.165) is 36.1 Å². The average Bonchev–Trinajstić information content (AvgIpc) is 3.16. The molecular weight excluding hydrogens is 424 g/mol. The van der Waals surface area contributed by atoms with Gasteiger partial charge in [-0.3, -0.25) is 9.59 Å². The molecule has 0 saturated heterocycles. The van der Waals surface area contributed by atoms with Crippen LogP contribution >= 0.6 is 11.3 Å². The maximum Gasteiger partial charge on any atom is 0.329 e. The van der Waals surface area contributed by atoms with E-state index in [1.165, 1.54) is 17.6 Å². The number of nitrogens with zero attached hydrogens (tertiary/aromatic N) is 2. The van der Waals surface area contributed by atoms with Crippen LogP contribution < -0.4 is 15.5 Å². The van der Waals surface area contributed by atoms with Crippen molar-refractivity contribution in [2.24, 2.45) is 5.10 Å². The molecule has 7 nitrogen and oxygen atoms in total. The third-order valence-corrected chi connectivity index (χ3v) is 6.14. The molecule has 0 spiro atoms. The SMILES string of the molecule is N#Cc1c(NC(=O)C(=O)N/N=C/c2cccc(Oc3ccccc3)c2)sc2c1CCCC2. The van der Waals surface area contributed by atoms with Gasteiger partial charge >= 0.3 is 11.8 Å². The van der Waals surface area contributed by atoms with Crippen LogP contribution in [0.15, 0.2) is 59.7 Å². The van der Waals surface area contributed by atoms with E-state index in [9.17, 15) is 14.9 Å². The number of hydrogen-bond acceptors (Lipinski definition) is 6. The average molecular weight is 445 g/mol. The lowest BCUT2D eigenvalue weighted by Crippen LogP contribution is -2.32. The Balaban J connectivity index is 1.36. The van der Waals surface area contributed by atoms with Gasteiger partial charge in [-0.15, -0.1) is 11.3 Å². The van der Waals surface area contributed by atoms with Gasteiger partial charge in [-0.2, -0.15) is 10.4 Å². The first-order valence-electron chi connectivity index (χ1n) is 10.2. The van der Waals surface area contributed by atoms with Gasteiger partial charge in [0.2, 0.25) is 0 Å². The van der Waals surface area contributed by atoms with E-state index in [1.807, 2.05) is 36.4 Å². The van der Waals surface area contributed by atoms with Crippen LogP contribution in [0.5, 0.6) is 11.5 Å². The molecule has 0 atom stereocenters. The number of ether oxygens (including phenoxy) is 1. The Labute approximate surface area is 189 Å². The normalized spacial score (nSPS) is 12.6. The van der Waals surface area contributed by atoms with Gasteiger partial charge in [-0.1, -0.05) is 30.3 Å². The number of hydrazone groups is 1. The molecule has 0 radical (unpaired) electrons. The minimum atomic E-state index is -0.909. The van der Waals surface area contributed by atoms with Crippen LogP contribution in [-0.4, -0.2) is 18.0 Å². The van der Waals surface area contributed by atoms with Crippen molar-refractivity contribution < 1.29 is 14.3 Å². The number of nitriles is 1. The molecule has 0 fully saturated rings. The van der Waals surface area contributed by atoms with Gasteiger partial charge in [-0.25, -0.2) is 5.43 Å². The van der Waals surface area contributed by atoms with Crippen LogP contribution in [-0.2, 0) is 22.4 Å². The van der Waals surface area contributed by atoms with Gasteiger partial charge in [-0.05, 0) is 61.1 Å². The zero-order chi connectivity index (χ0) is 22.3. The Bertz CT molecular complexity index is 1210. The molecule has 0 aliphatic heterocycles. The number of thiophene rings is 1. The van der Waals surface area contributed by atoms with Gasteiger partial charge in [0, 0.05) is 4.88 Å². The fourth-order valence-corrected chi connectivity index (χ4v) is 4.67. The summed E-state index contributed by atoms with van der Waals surface area (Å²) in [5.41, 5.74) is 4.37. The van der Waals surface area contributed by atoms with Gasteiger partial charge < -0.3 is 10.1 Å². The number of aryl methyl sites for hydroxylation is 1. The van der Waals surface area contributed by atoms with Crippen molar-refractivity contribution in [1.29, 1.82) is 5.26 Å². The number of carbonyl (C=O) groups is 2. The molecular formula is C24H20N4O3S. The fourth-order valence-electron chi connectivity index (χ4n) is 3.43. The molecule has 0 saturated carbocycles. The summed E-state index contributed by atoms with van der Waals surface area (Å²) < 4.78 is 5.77. The highest BCUT2D eigenvalue weighted by molar-refractivity contribution is 7.16. The quantitative estimate of drug-likeness (QED) is 0.346. The summed E-state index contributed by atoms with van der Waals surface area (Å²) in [5.74, 6) is -0.444. The minimum Gasteiger partial charge on any atom is -0.457 e. The largest absolute Gasteiger partial charge is 0.457 e. The summed E-state index contributed by atoms with van der Waals surface area (Å²) in [5, 5.41) is 16.3. The third kappa shape index (κ3) is 5.02. The number of anilines is 1. The van der Waals surface area contributed by atoms with Crippen LogP contribution in [0.3, 0.4) is 0 Å². The zero-order valence-corrected chi connectivity index (χ0v) is 17.9. The molecule has 1 aliphatic rings. The predicted octanol–water partition coefficient (Wildman–Crippen LogP) is 4.38. The molecule has 8 heteroatoms. The second-order valence-corrected chi connectivity index (χ2v) is 8.27. The lowest BCUT2D eigenvalue weighted by atomic mass is 9.96. The second kappa shape index (κ2) is 9.90. The van der Waals surface area contributed by atoms with Crippen molar-refractivity contribution >= 4 is 34.4 Å². The second-order valence-electron chi connectivity index (χ2n) is 7.17. The van der Waals surface area contributed by atoms with E-state index in [1.54, 1.807) is 18.2 Å². The van der Waals surface area contributed by atoms with Crippen molar-refractivity contribution in [3.63, 3.8) is 0 Å². The van der Waals surface area contributed by atoms with Crippen LogP contribution in [0.4, 0.5) is 5.00 Å². The van der Waals surface area contributed by atoms with E-state index in [-0.39, 0.29) is 0 Å². The number of amides is 2. The van der Waals surface area contributed by atoms with E-state index >= 15 is 0 Å². The summed E-state index contributed by atoms with van der Waals surface area (Å²) in [6, 6.07) is 18.7. The molecule has 0 unspecified atom stereocenters. The van der Waals surface area contributed by atoms with Gasteiger partial charge in [0.25, 0.3) is 0 Å². The first kappa shape index (κ1) is 21.3. The van der Waals surface area contributed by atoms with Crippen molar-refractivity contribution in [3.8, 4) is 17.6 Å². The highest BCUT2D eigenvalue weighted by Gasteiger charge is 2.23. The molecule has 4 rings (SSSR count). The third-order valence-electron chi connectivity index (χ3n) is 4.93. The van der Waals surface area contributed by atoms with Crippen LogP contribution in [0.25, 0.3) is 0 Å². The molecule has 2 aromatic carbocycles. The Morgan fingerprint density at radius 1 is 1.03 bits per heavy atom. The first-order valence-corrected chi connectivity index (χ1v) is 11.0. The topological polar surface area (TPSA) is 104 Å². The van der Waals surface area contributed by atoms with Crippen LogP contribution in [0.2, 0.25) is 0 Å². The Morgan fingerprint density at radius 3 is 2.62 bits per heavy atom. The fraction of sp³-hybridized carbons (Fsp3) is 0.167. The standard InChI is InChI=1S/C24H20N4O3S/c25-14-20-19-11-4-5-12-21(19)32-24(20)27-22(29)23(30)28-26-15-16-7-6-10-18(13-16)31-17-8-2-1-3-9-17/h1-3,6-10,13,15H,4-5,11-12H2,(H,27,29)(H,28,30)/b26-15+. The smallest absolute Gasteiger partial charge is 0.329 e. The summed E-state index contributed by atoms with van der Waals surface area (Å²) in [4.78, 5) is 25.5. The number of carbonyl (C=O) groups excluding carboxylic acids is 2. The predicted molar refractivity (Wildman–Crippen MR) is 123 cm³/mol. The summed E-state index contributed by atoms with van der Waals surface area (Å²) in [7, 11) is 0. The van der Waals surface area contributed by atoms with Crippen LogP contribution in [0, 0.1) is 11.3 Å². The lowest BCUT2D eigenvalue weighted by molar-refractivity contribution is -0.136. The summed E-state index contributed by atoms with van der Waals surface area (Å²) in [6.07, 6.45) is 5.24. The van der Waals surface area contributed by atoms with E-state index in [0.29, 0.717) is 27.6 Å². The highest BCUT2D eigenvalue weighted by atomic mass is 32.1. The number of nitrogens with one attached hydrogen (secondary N) is 2. The van der Waals surface area contributed by atoms with E-state index in [2.05, 4.69) is 21.9 Å². The van der Waals surface area contributed by atoms with Gasteiger partial charge in [0.05, 0.1) is 11.8 Å². The number of rotatable bonds is 5. The van der Waals surface area contributed by atoms with Gasteiger partial charge in [0.1, 0.15) is 22.6 Å². The Kier molecular flexibility index (Phi) is 6.58. The maximum atomic E-state index is 12.3. The maximum absolute atomic E-state index is 12.3. The van der Waals surface area contributed by atoms with Crippen molar-refractivity contribution in [3.05, 3.63) is 76.2 Å². The molecule has 1 aliphatic carbocycles. The lowest BCUT2D eigenvalue weighted by Gasteiger charge is -2.09. The van der Waals surface area contributed by atoms with E-state index in [4.69, 9.17) is 4.74 Å². The molecule has 2 N–H and O–H groups in total. The molecule has 1 heterocycles. The molecule has 160 valence electrons. The molecule has 2 amide bonds. The Morgan fingerprint density at radius 2 is 1.81 bits per heavy atom. The van der Waals surface area contributed by atoms with Crippen molar-refractivity contribution in [2.75, 3.05) is 5.32 Å². The number of para-hydroxylation sites is 1. The zero-order valence-electron chi connectivity index (χ0n) is 17.1. The van der Waals surface area contributed by atoms with E-state index < -0.39 is 11.8 Å². The molecule has 0 bridgehead atoms. The van der Waals surface area contributed by atoms with Crippen molar-refractivity contribution in [1.82, 2.24) is 5.43 Å². The number of benzene rings is 2. The molecule has 1 aromatic heterocycles. The van der Waals surface area contributed by atoms with Crippen LogP contribution in [0.1, 0.15) is 34.4 Å². The Hall–Kier alpha value is -3.96. The van der Waals surface area contributed by atoms with Crippen molar-refractivity contribution in [2.45, 2.75) is 25.7 Å². The molecule has 3 aromatic rings. The highest BCUT2D eigenvalue weighted by Crippen LogP contribution is 2.37. The molecule has 32 heavy (non-hydrogen) atoms. The summed E-state index contributed by atoms with van der Waals surface area (Å²) in [6.45, 7) is 0. The monoisotopic (exact) mass is 444 g/mol. The number of hydrogen-bond donors (Lipinski definition) is 2. The number of fused-ring (bicyclic) bond motifs is 1. The first-order chi connectivity index (χ1) is 15.6.